The average Bonchev–Trinajstić information content (AvgIpc) is 3.12. The second-order valence-corrected chi connectivity index (χ2v) is 8.06. The van der Waals surface area contributed by atoms with Crippen LogP contribution in [0.15, 0.2) is 60.7 Å². The maximum Gasteiger partial charge on any atom is 0.271 e. The van der Waals surface area contributed by atoms with Gasteiger partial charge in [-0.3, -0.25) is 9.89 Å². The first-order valence-electron chi connectivity index (χ1n) is 9.40. The van der Waals surface area contributed by atoms with Gasteiger partial charge in [0.15, 0.2) is 0 Å². The third-order valence-electron chi connectivity index (χ3n) is 4.97. The molecule has 0 bridgehead atoms. The summed E-state index contributed by atoms with van der Waals surface area (Å²) in [5.41, 5.74) is 3.53. The Balaban J connectivity index is 1.45. The lowest BCUT2D eigenvalue weighted by molar-refractivity contribution is 0.0760. The summed E-state index contributed by atoms with van der Waals surface area (Å²) in [4.78, 5) is 14.9. The zero-order valence-corrected chi connectivity index (χ0v) is 16.6. The first-order valence-corrected chi connectivity index (χ1v) is 10.4. The molecule has 1 aliphatic heterocycles. The third-order valence-corrected chi connectivity index (χ3v) is 6.30. The molecule has 1 saturated heterocycles. The zero-order valence-electron chi connectivity index (χ0n) is 15.8. The van der Waals surface area contributed by atoms with Gasteiger partial charge in [0.1, 0.15) is 11.4 Å². The Morgan fingerprint density at radius 2 is 2.00 bits per heavy atom. The lowest BCUT2D eigenvalue weighted by Crippen LogP contribution is -2.33. The summed E-state index contributed by atoms with van der Waals surface area (Å²) in [6.07, 6.45) is 0.956. The average molecular weight is 394 g/mol. The molecule has 1 atom stereocenters. The van der Waals surface area contributed by atoms with E-state index in [1.807, 2.05) is 53.1 Å². The number of benzene rings is 2. The molecule has 2 heterocycles. The standard InChI is InChI=1S/C22H23N3O2S/c1-27-18-9-5-8-17(14-18)19-15-20(24-23-19)22(26)25-11-10-21(28-13-12-25)16-6-3-2-4-7-16/h2-9,14-15,21H,10-13H2,1H3,(H,23,24). The number of methoxy groups -OCH3 is 1. The molecule has 28 heavy (non-hydrogen) atoms. The van der Waals surface area contributed by atoms with Crippen molar-refractivity contribution in [3.8, 4) is 17.0 Å². The molecule has 1 aliphatic rings. The van der Waals surface area contributed by atoms with Gasteiger partial charge in [-0.15, -0.1) is 0 Å². The van der Waals surface area contributed by atoms with Crippen LogP contribution in [-0.4, -0.2) is 47.0 Å². The van der Waals surface area contributed by atoms with E-state index < -0.39 is 0 Å². The number of aromatic amines is 1. The van der Waals surface area contributed by atoms with Gasteiger partial charge in [-0.2, -0.15) is 16.9 Å². The minimum absolute atomic E-state index is 0.0101. The van der Waals surface area contributed by atoms with Crippen molar-refractivity contribution >= 4 is 17.7 Å². The molecular weight excluding hydrogens is 370 g/mol. The molecule has 3 aromatic rings. The topological polar surface area (TPSA) is 58.2 Å². The fraction of sp³-hybridized carbons (Fsp3) is 0.273. The Morgan fingerprint density at radius 1 is 1.14 bits per heavy atom. The van der Waals surface area contributed by atoms with E-state index in [1.54, 1.807) is 7.11 Å². The van der Waals surface area contributed by atoms with E-state index in [2.05, 4.69) is 34.5 Å². The molecule has 4 rings (SSSR count). The van der Waals surface area contributed by atoms with Crippen LogP contribution in [0.4, 0.5) is 0 Å². The number of nitrogens with one attached hydrogen (secondary N) is 1. The molecule has 1 N–H and O–H groups in total. The highest BCUT2D eigenvalue weighted by Crippen LogP contribution is 2.34. The smallest absolute Gasteiger partial charge is 0.271 e. The van der Waals surface area contributed by atoms with Gasteiger partial charge in [0, 0.05) is 29.7 Å². The summed E-state index contributed by atoms with van der Waals surface area (Å²) in [6.45, 7) is 1.50. The highest BCUT2D eigenvalue weighted by molar-refractivity contribution is 7.99. The van der Waals surface area contributed by atoms with Crippen molar-refractivity contribution in [3.05, 3.63) is 71.9 Å². The van der Waals surface area contributed by atoms with Gasteiger partial charge in [0.25, 0.3) is 5.91 Å². The highest BCUT2D eigenvalue weighted by Gasteiger charge is 2.24. The number of aromatic nitrogens is 2. The van der Waals surface area contributed by atoms with E-state index in [4.69, 9.17) is 4.74 Å². The van der Waals surface area contributed by atoms with Crippen molar-refractivity contribution in [2.75, 3.05) is 26.0 Å². The fourth-order valence-electron chi connectivity index (χ4n) is 3.44. The lowest BCUT2D eigenvalue weighted by Gasteiger charge is -2.19. The number of H-pyrrole nitrogens is 1. The molecule has 1 unspecified atom stereocenters. The van der Waals surface area contributed by atoms with Gasteiger partial charge in [0.2, 0.25) is 0 Å². The fourth-order valence-corrected chi connectivity index (χ4v) is 4.67. The molecule has 0 aliphatic carbocycles. The SMILES string of the molecule is COc1cccc(-c2cc(C(=O)N3CCSC(c4ccccc4)CC3)[nH]n2)c1. The van der Waals surface area contributed by atoms with E-state index in [1.165, 1.54) is 5.56 Å². The molecular formula is C22H23N3O2S. The normalized spacial score (nSPS) is 17.2. The van der Waals surface area contributed by atoms with Crippen molar-refractivity contribution in [2.45, 2.75) is 11.7 Å². The van der Waals surface area contributed by atoms with Crippen LogP contribution in [0.1, 0.15) is 27.7 Å². The van der Waals surface area contributed by atoms with Gasteiger partial charge >= 0.3 is 0 Å². The van der Waals surface area contributed by atoms with Gasteiger partial charge in [-0.1, -0.05) is 42.5 Å². The minimum Gasteiger partial charge on any atom is -0.497 e. The van der Waals surface area contributed by atoms with Crippen molar-refractivity contribution < 1.29 is 9.53 Å². The van der Waals surface area contributed by atoms with Crippen molar-refractivity contribution in [1.29, 1.82) is 0 Å². The Hall–Kier alpha value is -2.73. The summed E-state index contributed by atoms with van der Waals surface area (Å²) >= 11 is 1.93. The number of thioether (sulfide) groups is 1. The number of nitrogens with zero attached hydrogens (tertiary/aromatic N) is 2. The monoisotopic (exact) mass is 393 g/mol. The van der Waals surface area contributed by atoms with Gasteiger partial charge in [0.05, 0.1) is 12.8 Å². The zero-order chi connectivity index (χ0) is 19.3. The lowest BCUT2D eigenvalue weighted by atomic mass is 10.1. The van der Waals surface area contributed by atoms with Crippen LogP contribution in [0.3, 0.4) is 0 Å². The summed E-state index contributed by atoms with van der Waals surface area (Å²) in [6, 6.07) is 20.0. The third kappa shape index (κ3) is 4.07. The predicted octanol–water partition coefficient (Wildman–Crippen LogP) is 4.41. The van der Waals surface area contributed by atoms with Gasteiger partial charge in [-0.25, -0.2) is 0 Å². The largest absolute Gasteiger partial charge is 0.497 e. The van der Waals surface area contributed by atoms with Crippen LogP contribution < -0.4 is 4.74 Å². The van der Waals surface area contributed by atoms with Crippen LogP contribution in [0.2, 0.25) is 0 Å². The summed E-state index contributed by atoms with van der Waals surface area (Å²) < 4.78 is 5.27. The predicted molar refractivity (Wildman–Crippen MR) is 113 cm³/mol. The van der Waals surface area contributed by atoms with E-state index in [9.17, 15) is 4.79 Å². The van der Waals surface area contributed by atoms with Gasteiger partial charge in [-0.05, 0) is 30.2 Å². The van der Waals surface area contributed by atoms with E-state index in [-0.39, 0.29) is 5.91 Å². The van der Waals surface area contributed by atoms with Crippen LogP contribution in [-0.2, 0) is 0 Å². The Labute approximate surface area is 169 Å². The molecule has 0 saturated carbocycles. The number of amides is 1. The number of hydrogen-bond donors (Lipinski definition) is 1. The Morgan fingerprint density at radius 3 is 2.82 bits per heavy atom. The summed E-state index contributed by atoms with van der Waals surface area (Å²) in [5, 5.41) is 7.68. The van der Waals surface area contributed by atoms with Crippen LogP contribution >= 0.6 is 11.8 Å². The number of carbonyl (C=O) groups is 1. The Bertz CT molecular complexity index is 942. The second-order valence-electron chi connectivity index (χ2n) is 6.75. The summed E-state index contributed by atoms with van der Waals surface area (Å²) in [5.74, 6) is 1.71. The molecule has 2 aromatic carbocycles. The maximum atomic E-state index is 13.0. The number of rotatable bonds is 4. The molecule has 5 nitrogen and oxygen atoms in total. The molecule has 1 amide bonds. The quantitative estimate of drug-likeness (QED) is 0.713. The molecule has 1 fully saturated rings. The molecule has 0 radical (unpaired) electrons. The molecule has 0 spiro atoms. The second kappa shape index (κ2) is 8.52. The molecule has 144 valence electrons. The van der Waals surface area contributed by atoms with E-state index in [0.29, 0.717) is 10.9 Å². The van der Waals surface area contributed by atoms with Crippen molar-refractivity contribution in [3.63, 3.8) is 0 Å². The van der Waals surface area contributed by atoms with Crippen LogP contribution in [0.25, 0.3) is 11.3 Å². The van der Waals surface area contributed by atoms with Crippen LogP contribution in [0, 0.1) is 0 Å². The maximum absolute atomic E-state index is 13.0. The first-order chi connectivity index (χ1) is 13.7. The molecule has 6 heteroatoms. The van der Waals surface area contributed by atoms with Gasteiger partial charge < -0.3 is 9.64 Å². The first kappa shape index (κ1) is 18.6. The molecule has 1 aromatic heterocycles. The number of ether oxygens (including phenoxy) is 1. The Kier molecular flexibility index (Phi) is 5.67. The summed E-state index contributed by atoms with van der Waals surface area (Å²) in [7, 11) is 1.64. The van der Waals surface area contributed by atoms with E-state index >= 15 is 0 Å². The van der Waals surface area contributed by atoms with Crippen molar-refractivity contribution in [1.82, 2.24) is 15.1 Å². The minimum atomic E-state index is 0.0101. The highest BCUT2D eigenvalue weighted by atomic mass is 32.2. The van der Waals surface area contributed by atoms with Crippen molar-refractivity contribution in [2.24, 2.45) is 0 Å². The van der Waals surface area contributed by atoms with E-state index in [0.717, 1.165) is 42.3 Å². The number of carbonyl (C=O) groups excluding carboxylic acids is 1. The number of hydrogen-bond acceptors (Lipinski definition) is 4. The van der Waals surface area contributed by atoms with Crippen LogP contribution in [0.5, 0.6) is 5.75 Å².